The van der Waals surface area contributed by atoms with Crippen LogP contribution in [0.5, 0.6) is 0 Å². The predicted molar refractivity (Wildman–Crippen MR) is 118 cm³/mol. The Kier molecular flexibility index (Phi) is 7.12. The summed E-state index contributed by atoms with van der Waals surface area (Å²) in [6, 6.07) is 6.50. The van der Waals surface area contributed by atoms with Crippen LogP contribution in [0.4, 0.5) is 11.4 Å². The number of carbonyl (C=O) groups is 2. The molecule has 2 aromatic rings. The minimum Gasteiger partial charge on any atom is -0.325 e. The number of hydrogen-bond donors (Lipinski definition) is 4. The van der Waals surface area contributed by atoms with E-state index < -0.39 is 6.04 Å². The number of benzene rings is 1. The Morgan fingerprint density at radius 1 is 1.27 bits per heavy atom. The third kappa shape index (κ3) is 5.19. The Hall–Kier alpha value is -2.42. The highest BCUT2D eigenvalue weighted by atomic mass is 35.5. The van der Waals surface area contributed by atoms with Gasteiger partial charge in [-0.1, -0.05) is 24.9 Å². The van der Waals surface area contributed by atoms with Crippen molar-refractivity contribution < 1.29 is 9.59 Å². The molecular formula is C21H29ClN6O2. The van der Waals surface area contributed by atoms with Crippen LogP contribution in [0.1, 0.15) is 50.5 Å². The molecule has 0 bridgehead atoms. The Morgan fingerprint density at radius 2 is 2.03 bits per heavy atom. The van der Waals surface area contributed by atoms with Crippen LogP contribution in [0.25, 0.3) is 0 Å². The zero-order valence-electron chi connectivity index (χ0n) is 17.8. The molecule has 1 saturated heterocycles. The summed E-state index contributed by atoms with van der Waals surface area (Å²) in [4.78, 5) is 25.1. The maximum Gasteiger partial charge on any atom is 0.248 e. The second-order valence-electron chi connectivity index (χ2n) is 7.78. The summed E-state index contributed by atoms with van der Waals surface area (Å²) in [5.74, 6) is -0.338. The first-order chi connectivity index (χ1) is 14.3. The zero-order chi connectivity index (χ0) is 21.8. The molecule has 0 saturated carbocycles. The maximum absolute atomic E-state index is 12.6. The summed E-state index contributed by atoms with van der Waals surface area (Å²) in [5.41, 5.74) is 9.03. The standard InChI is InChI=1S/C21H29ClN6O2/c1-5-6-16-11-19(26-25-16)21(30)23-15-7-8-18(17(22)10-15)24-20(29)14(4)28-13(3)9-12(2)27-28/h7-10,14,16,19,25-26H,5-6,11H2,1-4H3,(H,23,30)(H,24,29). The van der Waals surface area contributed by atoms with Crippen molar-refractivity contribution in [3.63, 3.8) is 0 Å². The Morgan fingerprint density at radius 3 is 2.67 bits per heavy atom. The summed E-state index contributed by atoms with van der Waals surface area (Å²) in [7, 11) is 0. The molecule has 3 rings (SSSR count). The molecule has 8 nitrogen and oxygen atoms in total. The molecule has 1 aromatic heterocycles. The van der Waals surface area contributed by atoms with E-state index in [-0.39, 0.29) is 17.9 Å². The predicted octanol–water partition coefficient (Wildman–Crippen LogP) is 3.33. The zero-order valence-corrected chi connectivity index (χ0v) is 18.5. The number of amides is 2. The molecule has 2 amide bonds. The Balaban J connectivity index is 1.60. The lowest BCUT2D eigenvalue weighted by atomic mass is 10.1. The van der Waals surface area contributed by atoms with Crippen molar-refractivity contribution in [2.24, 2.45) is 0 Å². The van der Waals surface area contributed by atoms with E-state index in [0.717, 1.165) is 30.7 Å². The number of nitrogens with one attached hydrogen (secondary N) is 4. The number of rotatable bonds is 7. The van der Waals surface area contributed by atoms with Gasteiger partial charge in [0, 0.05) is 17.4 Å². The van der Waals surface area contributed by atoms with E-state index in [1.165, 1.54) is 0 Å². The lowest BCUT2D eigenvalue weighted by Gasteiger charge is -2.16. The topological polar surface area (TPSA) is 100 Å². The summed E-state index contributed by atoms with van der Waals surface area (Å²) >= 11 is 6.35. The number of halogens is 1. The number of anilines is 2. The van der Waals surface area contributed by atoms with Crippen molar-refractivity contribution in [1.29, 1.82) is 0 Å². The van der Waals surface area contributed by atoms with Crippen molar-refractivity contribution >= 4 is 34.8 Å². The molecule has 3 unspecified atom stereocenters. The first-order valence-electron chi connectivity index (χ1n) is 10.2. The normalized spacial score (nSPS) is 19.5. The number of hydrogen-bond acceptors (Lipinski definition) is 5. The van der Waals surface area contributed by atoms with Gasteiger partial charge in [-0.05, 0) is 57.9 Å². The molecule has 1 aliphatic rings. The van der Waals surface area contributed by atoms with Crippen molar-refractivity contribution in [2.75, 3.05) is 10.6 Å². The largest absolute Gasteiger partial charge is 0.325 e. The monoisotopic (exact) mass is 432 g/mol. The van der Waals surface area contributed by atoms with Gasteiger partial charge in [-0.15, -0.1) is 0 Å². The number of carbonyl (C=O) groups excluding carboxylic acids is 2. The fraction of sp³-hybridized carbons (Fsp3) is 0.476. The van der Waals surface area contributed by atoms with Crippen LogP contribution >= 0.6 is 11.6 Å². The lowest BCUT2D eigenvalue weighted by molar-refractivity contribution is -0.119. The average molecular weight is 433 g/mol. The smallest absolute Gasteiger partial charge is 0.248 e. The molecule has 1 fully saturated rings. The van der Waals surface area contributed by atoms with E-state index in [1.807, 2.05) is 19.9 Å². The van der Waals surface area contributed by atoms with Crippen LogP contribution in [0.3, 0.4) is 0 Å². The molecule has 0 spiro atoms. The summed E-state index contributed by atoms with van der Waals surface area (Å²) < 4.78 is 1.68. The third-order valence-electron chi connectivity index (χ3n) is 5.22. The molecule has 3 atom stereocenters. The maximum atomic E-state index is 12.6. The van der Waals surface area contributed by atoms with Gasteiger partial charge in [0.05, 0.1) is 16.4 Å². The lowest BCUT2D eigenvalue weighted by Crippen LogP contribution is -2.40. The van der Waals surface area contributed by atoms with Gasteiger partial charge in [0.1, 0.15) is 12.1 Å². The second kappa shape index (κ2) is 9.59. The fourth-order valence-electron chi connectivity index (χ4n) is 3.64. The SMILES string of the molecule is CCCC1CC(C(=O)Nc2ccc(NC(=O)C(C)n3nc(C)cc3C)c(Cl)c2)NN1. The van der Waals surface area contributed by atoms with E-state index in [9.17, 15) is 9.59 Å². The molecule has 162 valence electrons. The molecule has 30 heavy (non-hydrogen) atoms. The average Bonchev–Trinajstić information content (AvgIpc) is 3.29. The highest BCUT2D eigenvalue weighted by molar-refractivity contribution is 6.34. The Bertz CT molecular complexity index is 928. The molecule has 1 aromatic carbocycles. The van der Waals surface area contributed by atoms with Gasteiger partial charge in [-0.2, -0.15) is 5.10 Å². The molecule has 9 heteroatoms. The van der Waals surface area contributed by atoms with Crippen molar-refractivity contribution in [1.82, 2.24) is 20.6 Å². The summed E-state index contributed by atoms with van der Waals surface area (Å²) in [6.07, 6.45) is 2.83. The second-order valence-corrected chi connectivity index (χ2v) is 8.19. The minimum atomic E-state index is -0.480. The van der Waals surface area contributed by atoms with Crippen molar-refractivity contribution in [3.05, 3.63) is 40.7 Å². The van der Waals surface area contributed by atoms with Gasteiger partial charge in [0.25, 0.3) is 0 Å². The minimum absolute atomic E-state index is 0.118. The Labute approximate surface area is 181 Å². The van der Waals surface area contributed by atoms with Crippen LogP contribution in [0, 0.1) is 13.8 Å². The number of nitrogens with zero attached hydrogens (tertiary/aromatic N) is 2. The fourth-order valence-corrected chi connectivity index (χ4v) is 3.87. The molecule has 4 N–H and O–H groups in total. The van der Waals surface area contributed by atoms with Gasteiger partial charge in [0.2, 0.25) is 11.8 Å². The van der Waals surface area contributed by atoms with Crippen molar-refractivity contribution in [3.8, 4) is 0 Å². The van der Waals surface area contributed by atoms with Gasteiger partial charge in [-0.25, -0.2) is 5.43 Å². The first-order valence-corrected chi connectivity index (χ1v) is 10.6. The number of aryl methyl sites for hydroxylation is 2. The summed E-state index contributed by atoms with van der Waals surface area (Å²) in [5, 5.41) is 10.4. The van der Waals surface area contributed by atoms with Crippen LogP contribution in [-0.4, -0.2) is 33.7 Å². The molecule has 0 aliphatic carbocycles. The van der Waals surface area contributed by atoms with E-state index in [4.69, 9.17) is 11.6 Å². The molecule has 0 radical (unpaired) electrons. The van der Waals surface area contributed by atoms with Crippen LogP contribution < -0.4 is 21.5 Å². The highest BCUT2D eigenvalue weighted by Crippen LogP contribution is 2.27. The van der Waals surface area contributed by atoms with Gasteiger partial charge >= 0.3 is 0 Å². The highest BCUT2D eigenvalue weighted by Gasteiger charge is 2.28. The van der Waals surface area contributed by atoms with Gasteiger partial charge < -0.3 is 10.6 Å². The van der Waals surface area contributed by atoms with Crippen LogP contribution in [-0.2, 0) is 9.59 Å². The van der Waals surface area contributed by atoms with Gasteiger partial charge in [0.15, 0.2) is 0 Å². The van der Waals surface area contributed by atoms with Crippen LogP contribution in [0.15, 0.2) is 24.3 Å². The van der Waals surface area contributed by atoms with Crippen molar-refractivity contribution in [2.45, 2.75) is 65.1 Å². The third-order valence-corrected chi connectivity index (χ3v) is 5.53. The first kappa shape index (κ1) is 22.3. The van der Waals surface area contributed by atoms with E-state index in [2.05, 4.69) is 33.5 Å². The van der Waals surface area contributed by atoms with Crippen LogP contribution in [0.2, 0.25) is 5.02 Å². The molecule has 2 heterocycles. The number of aromatic nitrogens is 2. The number of hydrazine groups is 1. The van der Waals surface area contributed by atoms with E-state index >= 15 is 0 Å². The van der Waals surface area contributed by atoms with E-state index in [0.29, 0.717) is 22.4 Å². The molecular weight excluding hydrogens is 404 g/mol. The van der Waals surface area contributed by atoms with E-state index in [1.54, 1.807) is 29.8 Å². The quantitative estimate of drug-likeness (QED) is 0.537. The summed E-state index contributed by atoms with van der Waals surface area (Å²) in [6.45, 7) is 7.70. The van der Waals surface area contributed by atoms with Gasteiger partial charge in [-0.3, -0.25) is 19.7 Å². The molecule has 1 aliphatic heterocycles.